The van der Waals surface area contributed by atoms with Crippen molar-refractivity contribution in [3.8, 4) is 0 Å². The molecule has 0 spiro atoms. The minimum atomic E-state index is -2.94. The fraction of sp³-hybridized carbons (Fsp3) is 0.286. The number of nitrogens with one attached hydrogen (secondary N) is 1. The van der Waals surface area contributed by atoms with Gasteiger partial charge < -0.3 is 10.4 Å². The molecular formula is C14H14N2O4S. The summed E-state index contributed by atoms with van der Waals surface area (Å²) in [6.45, 7) is 0. The second-order valence-corrected chi connectivity index (χ2v) is 7.35. The number of nitrogens with zero attached hydrogens (tertiary/aromatic N) is 1. The van der Waals surface area contributed by atoms with Gasteiger partial charge in [0.15, 0.2) is 9.84 Å². The Balaban J connectivity index is 1.90. The van der Waals surface area contributed by atoms with E-state index in [-0.39, 0.29) is 23.1 Å². The van der Waals surface area contributed by atoms with Gasteiger partial charge >= 0.3 is 5.97 Å². The van der Waals surface area contributed by atoms with Crippen molar-refractivity contribution in [2.45, 2.75) is 12.5 Å². The van der Waals surface area contributed by atoms with Crippen molar-refractivity contribution in [3.63, 3.8) is 0 Å². The van der Waals surface area contributed by atoms with E-state index in [1.807, 2.05) is 0 Å². The van der Waals surface area contributed by atoms with Crippen LogP contribution < -0.4 is 5.32 Å². The van der Waals surface area contributed by atoms with Crippen molar-refractivity contribution in [1.82, 2.24) is 4.98 Å². The molecule has 0 saturated carbocycles. The van der Waals surface area contributed by atoms with Crippen molar-refractivity contribution < 1.29 is 18.3 Å². The van der Waals surface area contributed by atoms with E-state index in [0.29, 0.717) is 23.1 Å². The number of hydrogen-bond donors (Lipinski definition) is 2. The summed E-state index contributed by atoms with van der Waals surface area (Å²) < 4.78 is 22.9. The number of aromatic carboxylic acids is 1. The Kier molecular flexibility index (Phi) is 3.29. The molecule has 2 heterocycles. The molecule has 110 valence electrons. The van der Waals surface area contributed by atoms with E-state index in [4.69, 9.17) is 5.11 Å². The minimum Gasteiger partial charge on any atom is -0.478 e. The summed E-state index contributed by atoms with van der Waals surface area (Å²) in [5.41, 5.74) is 0.774. The van der Waals surface area contributed by atoms with Crippen LogP contribution >= 0.6 is 0 Å². The van der Waals surface area contributed by atoms with Gasteiger partial charge in [-0.05, 0) is 30.7 Å². The molecule has 0 radical (unpaired) electrons. The van der Waals surface area contributed by atoms with E-state index in [9.17, 15) is 13.2 Å². The Morgan fingerprint density at radius 1 is 1.29 bits per heavy atom. The van der Waals surface area contributed by atoms with Crippen molar-refractivity contribution in [1.29, 1.82) is 0 Å². The average molecular weight is 306 g/mol. The molecule has 21 heavy (non-hydrogen) atoms. The SMILES string of the molecule is O=C(O)c1cccc2nc(NC3CCS(=O)(=O)C3)ccc12. The first-order valence-corrected chi connectivity index (χ1v) is 8.37. The Morgan fingerprint density at radius 2 is 2.10 bits per heavy atom. The van der Waals surface area contributed by atoms with Gasteiger partial charge in [0.2, 0.25) is 0 Å². The minimum absolute atomic E-state index is 0.113. The molecule has 1 aromatic carbocycles. The molecule has 1 atom stereocenters. The predicted molar refractivity (Wildman–Crippen MR) is 79.4 cm³/mol. The number of carboxylic acid groups (broad SMARTS) is 1. The number of anilines is 1. The monoisotopic (exact) mass is 306 g/mol. The summed E-state index contributed by atoms with van der Waals surface area (Å²) in [7, 11) is -2.94. The first kappa shape index (κ1) is 13.8. The van der Waals surface area contributed by atoms with Crippen LogP contribution in [0.25, 0.3) is 10.9 Å². The third-order valence-corrected chi connectivity index (χ3v) is 5.31. The maximum absolute atomic E-state index is 11.4. The Bertz CT molecular complexity index is 817. The van der Waals surface area contributed by atoms with Crippen LogP contribution in [0.1, 0.15) is 16.8 Å². The molecule has 2 N–H and O–H groups in total. The van der Waals surface area contributed by atoms with Crippen molar-refractivity contribution in [2.24, 2.45) is 0 Å². The highest BCUT2D eigenvalue weighted by Gasteiger charge is 2.27. The molecule has 0 aliphatic carbocycles. The molecule has 7 heteroatoms. The van der Waals surface area contributed by atoms with Gasteiger partial charge in [0.25, 0.3) is 0 Å². The highest BCUT2D eigenvalue weighted by molar-refractivity contribution is 7.91. The fourth-order valence-corrected chi connectivity index (χ4v) is 4.21. The van der Waals surface area contributed by atoms with Gasteiger partial charge in [0, 0.05) is 11.4 Å². The zero-order valence-electron chi connectivity index (χ0n) is 11.1. The molecule has 1 aliphatic heterocycles. The molecule has 1 aliphatic rings. The zero-order chi connectivity index (χ0) is 15.0. The Hall–Kier alpha value is -2.15. The van der Waals surface area contributed by atoms with E-state index in [1.165, 1.54) is 6.07 Å². The number of rotatable bonds is 3. The van der Waals surface area contributed by atoms with Gasteiger partial charge in [-0.1, -0.05) is 6.07 Å². The Morgan fingerprint density at radius 3 is 2.76 bits per heavy atom. The lowest BCUT2D eigenvalue weighted by Gasteiger charge is -2.12. The summed E-state index contributed by atoms with van der Waals surface area (Å²) in [4.78, 5) is 15.5. The van der Waals surface area contributed by atoms with E-state index in [1.54, 1.807) is 24.3 Å². The van der Waals surface area contributed by atoms with Crippen molar-refractivity contribution in [2.75, 3.05) is 16.8 Å². The molecule has 0 bridgehead atoms. The number of pyridine rings is 1. The maximum Gasteiger partial charge on any atom is 0.336 e. The van der Waals surface area contributed by atoms with Gasteiger partial charge in [-0.25, -0.2) is 18.2 Å². The van der Waals surface area contributed by atoms with E-state index in [2.05, 4.69) is 10.3 Å². The highest BCUT2D eigenvalue weighted by atomic mass is 32.2. The smallest absolute Gasteiger partial charge is 0.336 e. The van der Waals surface area contributed by atoms with E-state index in [0.717, 1.165) is 0 Å². The zero-order valence-corrected chi connectivity index (χ0v) is 11.9. The van der Waals surface area contributed by atoms with Crippen LogP contribution in [0.4, 0.5) is 5.82 Å². The third-order valence-electron chi connectivity index (χ3n) is 3.55. The highest BCUT2D eigenvalue weighted by Crippen LogP contribution is 2.21. The molecule has 1 aromatic heterocycles. The molecule has 1 fully saturated rings. The second-order valence-electron chi connectivity index (χ2n) is 5.12. The number of hydrogen-bond acceptors (Lipinski definition) is 5. The first-order chi connectivity index (χ1) is 9.94. The van der Waals surface area contributed by atoms with E-state index < -0.39 is 15.8 Å². The van der Waals surface area contributed by atoms with Crippen LogP contribution in [0.2, 0.25) is 0 Å². The number of fused-ring (bicyclic) bond motifs is 1. The number of sulfone groups is 1. The van der Waals surface area contributed by atoms with Gasteiger partial charge in [-0.15, -0.1) is 0 Å². The second kappa shape index (κ2) is 5.00. The summed E-state index contributed by atoms with van der Waals surface area (Å²) >= 11 is 0. The normalized spacial score (nSPS) is 20.5. The van der Waals surface area contributed by atoms with Crippen LogP contribution in [0.3, 0.4) is 0 Å². The molecule has 3 rings (SSSR count). The summed E-state index contributed by atoms with van der Waals surface area (Å²) in [5.74, 6) is -0.124. The van der Waals surface area contributed by atoms with Crippen LogP contribution in [0.15, 0.2) is 30.3 Å². The topological polar surface area (TPSA) is 96.4 Å². The van der Waals surface area contributed by atoms with Gasteiger partial charge in [-0.2, -0.15) is 0 Å². The molecular weight excluding hydrogens is 292 g/mol. The van der Waals surface area contributed by atoms with Gasteiger partial charge in [0.1, 0.15) is 5.82 Å². The quantitative estimate of drug-likeness (QED) is 0.892. The maximum atomic E-state index is 11.4. The summed E-state index contributed by atoms with van der Waals surface area (Å²) in [6.07, 6.45) is 0.567. The molecule has 0 amide bonds. The fourth-order valence-electron chi connectivity index (χ4n) is 2.54. The number of carbonyl (C=O) groups is 1. The average Bonchev–Trinajstić information content (AvgIpc) is 2.76. The first-order valence-electron chi connectivity index (χ1n) is 6.55. The molecule has 1 saturated heterocycles. The standard InChI is InChI=1S/C14H14N2O4S/c17-14(18)11-2-1-3-12-10(11)4-5-13(16-12)15-9-6-7-21(19,20)8-9/h1-5,9H,6-8H2,(H,15,16)(H,17,18). The van der Waals surface area contributed by atoms with Crippen molar-refractivity contribution in [3.05, 3.63) is 35.9 Å². The number of carboxylic acids is 1. The van der Waals surface area contributed by atoms with Crippen LogP contribution in [0.5, 0.6) is 0 Å². The number of benzene rings is 1. The predicted octanol–water partition coefficient (Wildman–Crippen LogP) is 1.53. The molecule has 2 aromatic rings. The lowest BCUT2D eigenvalue weighted by atomic mass is 10.1. The van der Waals surface area contributed by atoms with Crippen LogP contribution in [-0.2, 0) is 9.84 Å². The summed E-state index contributed by atoms with van der Waals surface area (Å²) in [6, 6.07) is 8.14. The lowest BCUT2D eigenvalue weighted by molar-refractivity contribution is 0.0699. The van der Waals surface area contributed by atoms with Crippen molar-refractivity contribution >= 4 is 32.5 Å². The van der Waals surface area contributed by atoms with Crippen LogP contribution in [-0.4, -0.2) is 42.0 Å². The lowest BCUT2D eigenvalue weighted by Crippen LogP contribution is -2.21. The summed E-state index contributed by atoms with van der Waals surface area (Å²) in [5, 5.41) is 12.8. The van der Waals surface area contributed by atoms with E-state index >= 15 is 0 Å². The molecule has 6 nitrogen and oxygen atoms in total. The van der Waals surface area contributed by atoms with Gasteiger partial charge in [0.05, 0.1) is 22.6 Å². The molecule has 1 unspecified atom stereocenters. The Labute approximate surface area is 121 Å². The van der Waals surface area contributed by atoms with Crippen LogP contribution in [0, 0.1) is 0 Å². The largest absolute Gasteiger partial charge is 0.478 e. The third kappa shape index (κ3) is 2.82. The number of aromatic nitrogens is 1. The van der Waals surface area contributed by atoms with Gasteiger partial charge in [-0.3, -0.25) is 0 Å².